The third-order valence-electron chi connectivity index (χ3n) is 4.70. The first-order valence-electron chi connectivity index (χ1n) is 7.34. The van der Waals surface area contributed by atoms with Crippen molar-refractivity contribution in [3.8, 4) is 0 Å². The van der Waals surface area contributed by atoms with E-state index in [0.717, 1.165) is 19.6 Å². The van der Waals surface area contributed by atoms with Gasteiger partial charge in [0.1, 0.15) is 0 Å². The van der Waals surface area contributed by atoms with Gasteiger partial charge in [0.05, 0.1) is 5.92 Å². The average molecular weight is 258 g/mol. The van der Waals surface area contributed by atoms with Gasteiger partial charge in [0.25, 0.3) is 0 Å². The van der Waals surface area contributed by atoms with Crippen LogP contribution >= 0.6 is 0 Å². The lowest BCUT2D eigenvalue weighted by Gasteiger charge is -2.32. The van der Waals surface area contributed by atoms with Crippen molar-refractivity contribution in [1.29, 1.82) is 0 Å². The minimum atomic E-state index is 0.175. The molecule has 3 nitrogen and oxygen atoms in total. The predicted octanol–water partition coefficient (Wildman–Crippen LogP) is 1.83. The van der Waals surface area contributed by atoms with Crippen molar-refractivity contribution < 1.29 is 4.79 Å². The van der Waals surface area contributed by atoms with Gasteiger partial charge < -0.3 is 10.6 Å². The molecule has 2 aliphatic rings. The molecule has 1 saturated carbocycles. The topological polar surface area (TPSA) is 41.1 Å². The molecule has 1 amide bonds. The molecule has 1 aliphatic heterocycles. The Hall–Kier alpha value is -1.35. The quantitative estimate of drug-likeness (QED) is 0.865. The van der Waals surface area contributed by atoms with Crippen LogP contribution < -0.4 is 10.6 Å². The van der Waals surface area contributed by atoms with Crippen LogP contribution in [0.15, 0.2) is 30.3 Å². The summed E-state index contributed by atoms with van der Waals surface area (Å²) in [6, 6.07) is 10.7. The predicted molar refractivity (Wildman–Crippen MR) is 76.0 cm³/mol. The third-order valence-corrected chi connectivity index (χ3v) is 4.70. The van der Waals surface area contributed by atoms with E-state index in [2.05, 4.69) is 41.0 Å². The van der Waals surface area contributed by atoms with E-state index in [1.54, 1.807) is 0 Å². The van der Waals surface area contributed by atoms with Gasteiger partial charge in [-0.25, -0.2) is 0 Å². The molecule has 0 radical (unpaired) electrons. The zero-order chi connectivity index (χ0) is 13.1. The molecular weight excluding hydrogens is 236 g/mol. The van der Waals surface area contributed by atoms with E-state index in [9.17, 15) is 4.79 Å². The SMILES string of the molecule is O=C(NCC1(c2ccccc2)CCCC1)C1CNC1. The summed E-state index contributed by atoms with van der Waals surface area (Å²) in [6.07, 6.45) is 4.94. The second-order valence-electron chi connectivity index (χ2n) is 5.93. The molecule has 1 heterocycles. The summed E-state index contributed by atoms with van der Waals surface area (Å²) in [5, 5.41) is 6.34. The third kappa shape index (κ3) is 2.52. The van der Waals surface area contributed by atoms with Crippen LogP contribution in [0, 0.1) is 5.92 Å². The van der Waals surface area contributed by atoms with Crippen molar-refractivity contribution in [2.24, 2.45) is 5.92 Å². The van der Waals surface area contributed by atoms with Crippen molar-refractivity contribution in [3.63, 3.8) is 0 Å². The van der Waals surface area contributed by atoms with Gasteiger partial charge in [-0.15, -0.1) is 0 Å². The molecule has 2 N–H and O–H groups in total. The normalized spacial score (nSPS) is 21.9. The zero-order valence-corrected chi connectivity index (χ0v) is 11.3. The molecule has 102 valence electrons. The summed E-state index contributed by atoms with van der Waals surface area (Å²) in [6.45, 7) is 2.47. The highest BCUT2D eigenvalue weighted by atomic mass is 16.2. The Morgan fingerprint density at radius 2 is 1.89 bits per heavy atom. The van der Waals surface area contributed by atoms with Crippen LogP contribution in [0.25, 0.3) is 0 Å². The molecule has 1 aliphatic carbocycles. The lowest BCUT2D eigenvalue weighted by atomic mass is 9.78. The molecule has 0 aromatic heterocycles. The molecule has 3 heteroatoms. The Morgan fingerprint density at radius 1 is 1.21 bits per heavy atom. The minimum absolute atomic E-state index is 0.175. The lowest BCUT2D eigenvalue weighted by molar-refractivity contribution is -0.126. The van der Waals surface area contributed by atoms with Gasteiger partial charge in [0.2, 0.25) is 5.91 Å². The summed E-state index contributed by atoms with van der Waals surface area (Å²) >= 11 is 0. The van der Waals surface area contributed by atoms with Gasteiger partial charge in [-0.3, -0.25) is 4.79 Å². The monoisotopic (exact) mass is 258 g/mol. The largest absolute Gasteiger partial charge is 0.355 e. The molecule has 0 spiro atoms. The molecule has 1 aromatic rings. The smallest absolute Gasteiger partial charge is 0.225 e. The first-order chi connectivity index (χ1) is 9.30. The van der Waals surface area contributed by atoms with Crippen LogP contribution in [0.3, 0.4) is 0 Å². The molecule has 1 saturated heterocycles. The van der Waals surface area contributed by atoms with Crippen LogP contribution in [0.1, 0.15) is 31.2 Å². The molecule has 0 atom stereocenters. The second-order valence-corrected chi connectivity index (χ2v) is 5.93. The number of hydrogen-bond donors (Lipinski definition) is 2. The maximum Gasteiger partial charge on any atom is 0.225 e. The van der Waals surface area contributed by atoms with Gasteiger partial charge in [-0.1, -0.05) is 43.2 Å². The second kappa shape index (κ2) is 5.33. The van der Waals surface area contributed by atoms with Crippen molar-refractivity contribution in [2.75, 3.05) is 19.6 Å². The summed E-state index contributed by atoms with van der Waals surface area (Å²) in [5.41, 5.74) is 1.56. The first kappa shape index (κ1) is 12.7. The van der Waals surface area contributed by atoms with Crippen LogP contribution in [-0.2, 0) is 10.2 Å². The van der Waals surface area contributed by atoms with E-state index in [-0.39, 0.29) is 17.2 Å². The minimum Gasteiger partial charge on any atom is -0.355 e. The Balaban J connectivity index is 1.69. The van der Waals surface area contributed by atoms with E-state index < -0.39 is 0 Å². The van der Waals surface area contributed by atoms with E-state index in [1.807, 2.05) is 0 Å². The van der Waals surface area contributed by atoms with Gasteiger partial charge in [-0.2, -0.15) is 0 Å². The fraction of sp³-hybridized carbons (Fsp3) is 0.562. The van der Waals surface area contributed by atoms with Crippen molar-refractivity contribution >= 4 is 5.91 Å². The highest BCUT2D eigenvalue weighted by molar-refractivity contribution is 5.80. The molecule has 2 fully saturated rings. The molecule has 19 heavy (non-hydrogen) atoms. The highest BCUT2D eigenvalue weighted by Gasteiger charge is 2.36. The summed E-state index contributed by atoms with van der Waals surface area (Å²) in [5.74, 6) is 0.412. The maximum atomic E-state index is 12.0. The number of carbonyl (C=O) groups excluding carboxylic acids is 1. The Kier molecular flexibility index (Phi) is 3.56. The van der Waals surface area contributed by atoms with Gasteiger partial charge in [0.15, 0.2) is 0 Å². The van der Waals surface area contributed by atoms with Crippen LogP contribution in [0.2, 0.25) is 0 Å². The average Bonchev–Trinajstić information content (AvgIpc) is 2.85. The molecule has 0 unspecified atom stereocenters. The van der Waals surface area contributed by atoms with E-state index >= 15 is 0 Å². The number of rotatable bonds is 4. The molecule has 0 bridgehead atoms. The fourth-order valence-electron chi connectivity index (χ4n) is 3.29. The molecule has 3 rings (SSSR count). The van der Waals surface area contributed by atoms with Crippen LogP contribution in [0.4, 0.5) is 0 Å². The van der Waals surface area contributed by atoms with E-state index in [0.29, 0.717) is 0 Å². The zero-order valence-electron chi connectivity index (χ0n) is 11.3. The van der Waals surface area contributed by atoms with Crippen LogP contribution in [-0.4, -0.2) is 25.5 Å². The van der Waals surface area contributed by atoms with Gasteiger partial charge in [-0.05, 0) is 18.4 Å². The molecule has 1 aromatic carbocycles. The van der Waals surface area contributed by atoms with E-state index in [4.69, 9.17) is 0 Å². The first-order valence-corrected chi connectivity index (χ1v) is 7.34. The van der Waals surface area contributed by atoms with Crippen molar-refractivity contribution in [1.82, 2.24) is 10.6 Å². The number of benzene rings is 1. The Morgan fingerprint density at radius 3 is 2.47 bits per heavy atom. The Bertz CT molecular complexity index is 433. The summed E-state index contributed by atoms with van der Waals surface area (Å²) in [4.78, 5) is 12.0. The number of carbonyl (C=O) groups is 1. The standard InChI is InChI=1S/C16H22N2O/c19-15(13-10-17-11-13)18-12-16(8-4-5-9-16)14-6-2-1-3-7-14/h1-3,6-7,13,17H,4-5,8-12H2,(H,18,19). The lowest BCUT2D eigenvalue weighted by Crippen LogP contribution is -2.52. The van der Waals surface area contributed by atoms with Gasteiger partial charge >= 0.3 is 0 Å². The summed E-state index contributed by atoms with van der Waals surface area (Å²) in [7, 11) is 0. The van der Waals surface area contributed by atoms with Gasteiger partial charge in [0, 0.05) is 25.0 Å². The number of nitrogens with one attached hydrogen (secondary N) is 2. The van der Waals surface area contributed by atoms with Crippen LogP contribution in [0.5, 0.6) is 0 Å². The fourth-order valence-corrected chi connectivity index (χ4v) is 3.29. The summed E-state index contributed by atoms with van der Waals surface area (Å²) < 4.78 is 0. The highest BCUT2D eigenvalue weighted by Crippen LogP contribution is 2.40. The number of amides is 1. The van der Waals surface area contributed by atoms with Crippen molar-refractivity contribution in [2.45, 2.75) is 31.1 Å². The maximum absolute atomic E-state index is 12.0. The Labute approximate surface area is 114 Å². The van der Waals surface area contributed by atoms with E-state index in [1.165, 1.54) is 31.2 Å². The molecular formula is C16H22N2O. The van der Waals surface area contributed by atoms with Crippen molar-refractivity contribution in [3.05, 3.63) is 35.9 Å². The number of hydrogen-bond acceptors (Lipinski definition) is 2.